The standard InChI is InChI=1S/C24H23N5O2/c30-24(21-15-18-3-1-2-4-20(18)25-21)29-13-11-28(12-14-29)19-9-7-16(8-10-19)22-26-23(31-27-22)17-5-6-17/h1-4,7-10,15,17,25H,5-6,11-14H2. The maximum atomic E-state index is 12.9. The van der Waals surface area contributed by atoms with E-state index in [0.717, 1.165) is 54.0 Å². The summed E-state index contributed by atoms with van der Waals surface area (Å²) < 4.78 is 5.37. The molecule has 156 valence electrons. The van der Waals surface area contributed by atoms with Gasteiger partial charge in [0.2, 0.25) is 11.7 Å². The van der Waals surface area contributed by atoms with Crippen LogP contribution in [0.15, 0.2) is 59.1 Å². The summed E-state index contributed by atoms with van der Waals surface area (Å²) in [7, 11) is 0. The summed E-state index contributed by atoms with van der Waals surface area (Å²) in [6, 6.07) is 18.2. The predicted octanol–water partition coefficient (Wildman–Crippen LogP) is 4.06. The molecule has 2 aliphatic rings. The smallest absolute Gasteiger partial charge is 0.270 e. The van der Waals surface area contributed by atoms with Crippen LogP contribution in [0.2, 0.25) is 0 Å². The molecule has 2 aromatic carbocycles. The second kappa shape index (κ2) is 7.27. The third-order valence-electron chi connectivity index (χ3n) is 6.19. The topological polar surface area (TPSA) is 78.3 Å². The molecule has 1 N–H and O–H groups in total. The number of fused-ring (bicyclic) bond motifs is 1. The Morgan fingerprint density at radius 2 is 1.77 bits per heavy atom. The van der Waals surface area contributed by atoms with Crippen LogP contribution in [0.1, 0.15) is 35.1 Å². The highest BCUT2D eigenvalue weighted by atomic mass is 16.5. The van der Waals surface area contributed by atoms with E-state index in [1.54, 1.807) is 0 Å². The number of H-pyrrole nitrogens is 1. The quantitative estimate of drug-likeness (QED) is 0.546. The maximum absolute atomic E-state index is 12.9. The minimum Gasteiger partial charge on any atom is -0.368 e. The number of piperazine rings is 1. The number of anilines is 1. The van der Waals surface area contributed by atoms with E-state index < -0.39 is 0 Å². The fraction of sp³-hybridized carbons (Fsp3) is 0.292. The van der Waals surface area contributed by atoms with Gasteiger partial charge in [0.15, 0.2) is 0 Å². The van der Waals surface area contributed by atoms with Crippen LogP contribution in [0.5, 0.6) is 0 Å². The van der Waals surface area contributed by atoms with Crippen LogP contribution >= 0.6 is 0 Å². The van der Waals surface area contributed by atoms with Gasteiger partial charge in [-0.1, -0.05) is 23.4 Å². The van der Waals surface area contributed by atoms with Gasteiger partial charge in [-0.25, -0.2) is 0 Å². The first-order valence-corrected chi connectivity index (χ1v) is 10.8. The lowest BCUT2D eigenvalue weighted by molar-refractivity contribution is 0.0742. The summed E-state index contributed by atoms with van der Waals surface area (Å²) in [6.07, 6.45) is 2.30. The molecule has 0 radical (unpaired) electrons. The number of para-hydroxylation sites is 1. The first-order chi connectivity index (χ1) is 15.2. The van der Waals surface area contributed by atoms with Gasteiger partial charge >= 0.3 is 0 Å². The van der Waals surface area contributed by atoms with Crippen molar-refractivity contribution < 1.29 is 9.32 Å². The van der Waals surface area contributed by atoms with Gasteiger partial charge in [-0.2, -0.15) is 4.98 Å². The lowest BCUT2D eigenvalue weighted by atomic mass is 10.1. The van der Waals surface area contributed by atoms with Crippen molar-refractivity contribution in [2.45, 2.75) is 18.8 Å². The number of carbonyl (C=O) groups is 1. The summed E-state index contributed by atoms with van der Waals surface area (Å²) in [5.74, 6) is 1.94. The predicted molar refractivity (Wildman–Crippen MR) is 118 cm³/mol. The normalized spacial score (nSPS) is 16.8. The molecule has 0 spiro atoms. The van der Waals surface area contributed by atoms with Crippen LogP contribution in [0.4, 0.5) is 5.69 Å². The SMILES string of the molecule is O=C(c1cc2ccccc2[nH]1)N1CCN(c2ccc(-c3noc(C4CC4)n3)cc2)CC1. The molecule has 6 rings (SSSR count). The lowest BCUT2D eigenvalue weighted by Gasteiger charge is -2.36. The number of amides is 1. The van der Waals surface area contributed by atoms with Gasteiger partial charge in [-0.05, 0) is 49.2 Å². The third-order valence-corrected chi connectivity index (χ3v) is 6.19. The third kappa shape index (κ3) is 3.46. The van der Waals surface area contributed by atoms with Crippen molar-refractivity contribution in [2.75, 3.05) is 31.1 Å². The fourth-order valence-corrected chi connectivity index (χ4v) is 4.20. The molecular weight excluding hydrogens is 390 g/mol. The van der Waals surface area contributed by atoms with E-state index >= 15 is 0 Å². The molecule has 1 saturated heterocycles. The van der Waals surface area contributed by atoms with E-state index in [9.17, 15) is 4.79 Å². The van der Waals surface area contributed by atoms with Gasteiger partial charge < -0.3 is 19.3 Å². The lowest BCUT2D eigenvalue weighted by Crippen LogP contribution is -2.48. The van der Waals surface area contributed by atoms with Gasteiger partial charge in [-0.15, -0.1) is 0 Å². The summed E-state index contributed by atoms with van der Waals surface area (Å²) in [5.41, 5.74) is 3.76. The number of hydrogen-bond acceptors (Lipinski definition) is 5. The van der Waals surface area contributed by atoms with Crippen LogP contribution < -0.4 is 4.90 Å². The molecule has 4 aromatic rings. The number of hydrogen-bond donors (Lipinski definition) is 1. The minimum absolute atomic E-state index is 0.0646. The number of aromatic amines is 1. The number of nitrogens with zero attached hydrogens (tertiary/aromatic N) is 4. The van der Waals surface area contributed by atoms with Gasteiger partial charge in [0, 0.05) is 54.3 Å². The fourth-order valence-electron chi connectivity index (χ4n) is 4.20. The Kier molecular flexibility index (Phi) is 4.26. The zero-order valence-electron chi connectivity index (χ0n) is 17.1. The molecule has 3 heterocycles. The molecule has 7 heteroatoms. The Labute approximate surface area is 179 Å². The van der Waals surface area contributed by atoms with Crippen molar-refractivity contribution in [2.24, 2.45) is 0 Å². The first-order valence-electron chi connectivity index (χ1n) is 10.8. The number of aromatic nitrogens is 3. The van der Waals surface area contributed by atoms with Crippen molar-refractivity contribution >= 4 is 22.5 Å². The molecule has 1 aliphatic carbocycles. The van der Waals surface area contributed by atoms with Gasteiger partial charge in [0.25, 0.3) is 5.91 Å². The number of rotatable bonds is 4. The maximum Gasteiger partial charge on any atom is 0.270 e. The number of nitrogens with one attached hydrogen (secondary N) is 1. The largest absolute Gasteiger partial charge is 0.368 e. The second-order valence-corrected chi connectivity index (χ2v) is 8.33. The van der Waals surface area contributed by atoms with E-state index in [1.807, 2.05) is 47.4 Å². The van der Waals surface area contributed by atoms with E-state index in [-0.39, 0.29) is 5.91 Å². The highest BCUT2D eigenvalue weighted by Crippen LogP contribution is 2.39. The summed E-state index contributed by atoms with van der Waals surface area (Å²) in [6.45, 7) is 3.01. The second-order valence-electron chi connectivity index (χ2n) is 8.33. The zero-order valence-corrected chi connectivity index (χ0v) is 17.1. The molecule has 2 fully saturated rings. The Morgan fingerprint density at radius 1 is 1.00 bits per heavy atom. The van der Waals surface area contributed by atoms with Crippen LogP contribution in [0.25, 0.3) is 22.3 Å². The molecule has 0 bridgehead atoms. The van der Waals surface area contributed by atoms with E-state index in [4.69, 9.17) is 4.52 Å². The summed E-state index contributed by atoms with van der Waals surface area (Å²) >= 11 is 0. The molecule has 2 aromatic heterocycles. The average molecular weight is 413 g/mol. The highest BCUT2D eigenvalue weighted by Gasteiger charge is 2.30. The number of carbonyl (C=O) groups excluding carboxylic acids is 1. The van der Waals surface area contributed by atoms with Crippen molar-refractivity contribution in [3.63, 3.8) is 0 Å². The molecule has 7 nitrogen and oxygen atoms in total. The average Bonchev–Trinajstić information content (AvgIpc) is 3.39. The molecule has 0 unspecified atom stereocenters. The van der Waals surface area contributed by atoms with Crippen molar-refractivity contribution in [1.82, 2.24) is 20.0 Å². The Morgan fingerprint density at radius 3 is 2.52 bits per heavy atom. The van der Waals surface area contributed by atoms with E-state index in [2.05, 4.69) is 32.2 Å². The Balaban J connectivity index is 1.10. The Hall–Kier alpha value is -3.61. The van der Waals surface area contributed by atoms with Gasteiger partial charge in [0.1, 0.15) is 5.69 Å². The van der Waals surface area contributed by atoms with Crippen molar-refractivity contribution in [1.29, 1.82) is 0 Å². The van der Waals surface area contributed by atoms with Crippen molar-refractivity contribution in [3.8, 4) is 11.4 Å². The van der Waals surface area contributed by atoms with E-state index in [1.165, 1.54) is 0 Å². The Bertz CT molecular complexity index is 1200. The zero-order chi connectivity index (χ0) is 20.8. The minimum atomic E-state index is 0.0646. The van der Waals surface area contributed by atoms with Gasteiger partial charge in [0.05, 0.1) is 0 Å². The molecule has 1 aliphatic heterocycles. The van der Waals surface area contributed by atoms with Crippen molar-refractivity contribution in [3.05, 3.63) is 66.2 Å². The molecule has 1 amide bonds. The highest BCUT2D eigenvalue weighted by molar-refractivity contribution is 5.98. The molecular formula is C24H23N5O2. The summed E-state index contributed by atoms with van der Waals surface area (Å²) in [5, 5.41) is 5.18. The van der Waals surface area contributed by atoms with Crippen LogP contribution in [-0.2, 0) is 0 Å². The molecule has 0 atom stereocenters. The van der Waals surface area contributed by atoms with Crippen LogP contribution in [-0.4, -0.2) is 52.1 Å². The molecule has 31 heavy (non-hydrogen) atoms. The summed E-state index contributed by atoms with van der Waals surface area (Å²) in [4.78, 5) is 24.9. The monoisotopic (exact) mass is 413 g/mol. The van der Waals surface area contributed by atoms with Gasteiger partial charge in [-0.3, -0.25) is 4.79 Å². The molecule has 1 saturated carbocycles. The van der Waals surface area contributed by atoms with Crippen LogP contribution in [0.3, 0.4) is 0 Å². The van der Waals surface area contributed by atoms with E-state index in [0.29, 0.717) is 30.5 Å². The van der Waals surface area contributed by atoms with Crippen LogP contribution in [0, 0.1) is 0 Å². The first kappa shape index (κ1) is 18.2. The number of benzene rings is 2.